The van der Waals surface area contributed by atoms with Gasteiger partial charge in [0.05, 0.1) is 11.5 Å². The maximum Gasteiger partial charge on any atom is 0.309 e. The minimum atomic E-state index is -1.42. The SMILES string of the molecule is CC(C)(C)C(C(=O)O)C1(O)CCN(c2c(F)cc(N)cc2F)CC1. The summed E-state index contributed by atoms with van der Waals surface area (Å²) in [4.78, 5) is 13.1. The van der Waals surface area contributed by atoms with Crippen LogP contribution < -0.4 is 10.6 Å². The molecule has 0 spiro atoms. The van der Waals surface area contributed by atoms with Gasteiger partial charge in [-0.15, -0.1) is 0 Å². The van der Waals surface area contributed by atoms with Crippen molar-refractivity contribution in [2.45, 2.75) is 39.2 Å². The first-order valence-electron chi connectivity index (χ1n) is 7.90. The molecule has 0 aliphatic carbocycles. The summed E-state index contributed by atoms with van der Waals surface area (Å²) in [5, 5.41) is 20.4. The van der Waals surface area contributed by atoms with Crippen LogP contribution in [-0.4, -0.2) is 34.9 Å². The number of carbonyl (C=O) groups is 1. The van der Waals surface area contributed by atoms with Crippen LogP contribution in [0, 0.1) is 23.0 Å². The molecule has 2 rings (SSSR count). The van der Waals surface area contributed by atoms with E-state index < -0.39 is 34.5 Å². The molecule has 0 radical (unpaired) electrons. The molecule has 1 saturated heterocycles. The number of hydrogen-bond acceptors (Lipinski definition) is 4. The number of piperidine rings is 1. The molecule has 24 heavy (non-hydrogen) atoms. The first kappa shape index (κ1) is 18.4. The van der Waals surface area contributed by atoms with Gasteiger partial charge >= 0.3 is 5.97 Å². The van der Waals surface area contributed by atoms with E-state index in [0.717, 1.165) is 12.1 Å². The van der Waals surface area contributed by atoms with Crippen molar-refractivity contribution in [3.8, 4) is 0 Å². The molecule has 4 N–H and O–H groups in total. The number of carboxylic acids is 1. The summed E-state index contributed by atoms with van der Waals surface area (Å²) in [6.45, 7) is 5.60. The Morgan fingerprint density at radius 3 is 2.08 bits per heavy atom. The molecule has 1 aliphatic rings. The third-order valence-corrected chi connectivity index (χ3v) is 4.64. The number of carboxylic acid groups (broad SMARTS) is 1. The summed E-state index contributed by atoms with van der Waals surface area (Å²) < 4.78 is 28.1. The number of aliphatic carboxylic acids is 1. The summed E-state index contributed by atoms with van der Waals surface area (Å²) in [6, 6.07) is 2.10. The monoisotopic (exact) mass is 342 g/mol. The lowest BCUT2D eigenvalue weighted by Crippen LogP contribution is -2.55. The van der Waals surface area contributed by atoms with Crippen molar-refractivity contribution in [2.75, 3.05) is 23.7 Å². The van der Waals surface area contributed by atoms with Gasteiger partial charge in [0.1, 0.15) is 5.69 Å². The van der Waals surface area contributed by atoms with Gasteiger partial charge in [-0.1, -0.05) is 20.8 Å². The largest absolute Gasteiger partial charge is 0.481 e. The fourth-order valence-corrected chi connectivity index (χ4v) is 3.70. The summed E-state index contributed by atoms with van der Waals surface area (Å²) in [5.41, 5.74) is 3.18. The predicted molar refractivity (Wildman–Crippen MR) is 87.7 cm³/mol. The third-order valence-electron chi connectivity index (χ3n) is 4.64. The van der Waals surface area contributed by atoms with Crippen LogP contribution >= 0.6 is 0 Å². The maximum atomic E-state index is 14.0. The Morgan fingerprint density at radius 2 is 1.71 bits per heavy atom. The lowest BCUT2D eigenvalue weighted by Gasteiger charge is -2.46. The van der Waals surface area contributed by atoms with Crippen LogP contribution in [0.3, 0.4) is 0 Å². The molecule has 1 aromatic rings. The fraction of sp³-hybridized carbons (Fsp3) is 0.588. The highest BCUT2D eigenvalue weighted by molar-refractivity contribution is 5.72. The molecule has 0 bridgehead atoms. The standard InChI is InChI=1S/C17H24F2N2O3/c1-16(2,3)14(15(22)23)17(24)4-6-21(7-5-17)13-11(18)8-10(20)9-12(13)19/h8-9,14,24H,4-7,20H2,1-3H3,(H,22,23). The van der Waals surface area contributed by atoms with Crippen molar-refractivity contribution < 1.29 is 23.8 Å². The van der Waals surface area contributed by atoms with E-state index in [1.807, 2.05) is 0 Å². The topological polar surface area (TPSA) is 86.8 Å². The van der Waals surface area contributed by atoms with Crippen molar-refractivity contribution in [3.63, 3.8) is 0 Å². The van der Waals surface area contributed by atoms with E-state index in [-0.39, 0.29) is 37.3 Å². The van der Waals surface area contributed by atoms with Crippen molar-refractivity contribution in [2.24, 2.45) is 11.3 Å². The number of benzene rings is 1. The summed E-state index contributed by atoms with van der Waals surface area (Å²) in [5.74, 6) is -3.55. The van der Waals surface area contributed by atoms with E-state index in [0.29, 0.717) is 0 Å². The second kappa shape index (κ2) is 6.20. The van der Waals surface area contributed by atoms with Gasteiger partial charge in [-0.25, -0.2) is 8.78 Å². The van der Waals surface area contributed by atoms with Crippen LogP contribution in [0.1, 0.15) is 33.6 Å². The minimum Gasteiger partial charge on any atom is -0.481 e. The van der Waals surface area contributed by atoms with Gasteiger partial charge in [0.2, 0.25) is 0 Å². The first-order valence-corrected chi connectivity index (χ1v) is 7.90. The summed E-state index contributed by atoms with van der Waals surface area (Å²) >= 11 is 0. The Morgan fingerprint density at radius 1 is 1.25 bits per heavy atom. The van der Waals surface area contributed by atoms with E-state index in [1.54, 1.807) is 20.8 Å². The van der Waals surface area contributed by atoms with Crippen LogP contribution in [0.5, 0.6) is 0 Å². The Labute approximate surface area is 140 Å². The molecule has 7 heteroatoms. The highest BCUT2D eigenvalue weighted by Crippen LogP contribution is 2.42. The van der Waals surface area contributed by atoms with Crippen molar-refractivity contribution in [3.05, 3.63) is 23.8 Å². The molecule has 1 aliphatic heterocycles. The van der Waals surface area contributed by atoms with Crippen LogP contribution in [0.4, 0.5) is 20.2 Å². The zero-order valence-corrected chi connectivity index (χ0v) is 14.1. The van der Waals surface area contributed by atoms with Crippen LogP contribution in [0.25, 0.3) is 0 Å². The predicted octanol–water partition coefficient (Wildman–Crippen LogP) is 2.63. The van der Waals surface area contributed by atoms with Crippen molar-refractivity contribution in [1.82, 2.24) is 0 Å². The normalized spacial score (nSPS) is 19.2. The van der Waals surface area contributed by atoms with E-state index in [2.05, 4.69) is 0 Å². The smallest absolute Gasteiger partial charge is 0.309 e. The molecule has 1 heterocycles. The number of anilines is 2. The molecule has 134 valence electrons. The van der Waals surface area contributed by atoms with E-state index >= 15 is 0 Å². The maximum absolute atomic E-state index is 14.0. The Kier molecular flexibility index (Phi) is 4.77. The second-order valence-corrected chi connectivity index (χ2v) is 7.56. The van der Waals surface area contributed by atoms with Gasteiger partial charge in [0.25, 0.3) is 0 Å². The average molecular weight is 342 g/mol. The Balaban J connectivity index is 2.23. The molecule has 5 nitrogen and oxygen atoms in total. The summed E-state index contributed by atoms with van der Waals surface area (Å²) in [7, 11) is 0. The molecular weight excluding hydrogens is 318 g/mol. The molecule has 0 saturated carbocycles. The molecule has 1 aromatic carbocycles. The van der Waals surface area contributed by atoms with Gasteiger partial charge in [-0.05, 0) is 30.4 Å². The zero-order chi connectivity index (χ0) is 18.3. The third kappa shape index (κ3) is 3.45. The number of hydrogen-bond donors (Lipinski definition) is 3. The number of nitrogen functional groups attached to an aromatic ring is 1. The number of aliphatic hydroxyl groups is 1. The molecular formula is C17H24F2N2O3. The van der Waals surface area contributed by atoms with Gasteiger partial charge in [-0.2, -0.15) is 0 Å². The Bertz CT molecular complexity index is 612. The lowest BCUT2D eigenvalue weighted by molar-refractivity contribution is -0.163. The lowest BCUT2D eigenvalue weighted by atomic mass is 9.67. The fourth-order valence-electron chi connectivity index (χ4n) is 3.70. The molecule has 1 unspecified atom stereocenters. The Hall–Kier alpha value is -1.89. The van der Waals surface area contributed by atoms with E-state index in [4.69, 9.17) is 5.73 Å². The molecule has 0 aromatic heterocycles. The number of nitrogens with two attached hydrogens (primary N) is 1. The summed E-state index contributed by atoms with van der Waals surface area (Å²) in [6.07, 6.45) is 0.231. The number of nitrogens with zero attached hydrogens (tertiary/aromatic N) is 1. The van der Waals surface area contributed by atoms with Gasteiger partial charge in [-0.3, -0.25) is 4.79 Å². The molecule has 1 atom stereocenters. The van der Waals surface area contributed by atoms with Gasteiger partial charge in [0, 0.05) is 18.8 Å². The molecule has 0 amide bonds. The average Bonchev–Trinajstić information content (AvgIpc) is 2.37. The van der Waals surface area contributed by atoms with E-state index in [1.165, 1.54) is 4.90 Å². The highest BCUT2D eigenvalue weighted by Gasteiger charge is 2.49. The van der Waals surface area contributed by atoms with Crippen LogP contribution in [0.2, 0.25) is 0 Å². The van der Waals surface area contributed by atoms with Gasteiger partial charge < -0.3 is 20.8 Å². The van der Waals surface area contributed by atoms with Gasteiger partial charge in [0.15, 0.2) is 11.6 Å². The van der Waals surface area contributed by atoms with Crippen LogP contribution in [0.15, 0.2) is 12.1 Å². The zero-order valence-electron chi connectivity index (χ0n) is 14.1. The molecule has 1 fully saturated rings. The first-order chi connectivity index (χ1) is 11.0. The van der Waals surface area contributed by atoms with Crippen molar-refractivity contribution >= 4 is 17.3 Å². The number of rotatable bonds is 3. The van der Waals surface area contributed by atoms with E-state index in [9.17, 15) is 23.8 Å². The minimum absolute atomic E-state index is 0.000869. The number of halogens is 2. The van der Waals surface area contributed by atoms with Crippen LogP contribution in [-0.2, 0) is 4.79 Å². The quantitative estimate of drug-likeness (QED) is 0.735. The van der Waals surface area contributed by atoms with Crippen molar-refractivity contribution in [1.29, 1.82) is 0 Å². The highest BCUT2D eigenvalue weighted by atomic mass is 19.1. The second-order valence-electron chi connectivity index (χ2n) is 7.56.